The first kappa shape index (κ1) is 26.9. The zero-order valence-electron chi connectivity index (χ0n) is 16.2. The van der Waals surface area contributed by atoms with Crippen LogP contribution in [0.2, 0.25) is 0 Å². The topological polar surface area (TPSA) is 109 Å². The highest BCUT2D eigenvalue weighted by atomic mass is 33.1. The second-order valence-corrected chi connectivity index (χ2v) is 7.20. The summed E-state index contributed by atoms with van der Waals surface area (Å²) in [6.07, 6.45) is -0.130. The van der Waals surface area contributed by atoms with Crippen molar-refractivity contribution in [2.24, 2.45) is 0 Å². The van der Waals surface area contributed by atoms with Gasteiger partial charge in [-0.3, -0.25) is 0 Å². The SMILES string of the molecule is CC.CC(C)(C)OC(=O)N[C@@H](c1ccco1)[C@@H](O)C(=O)O.CCCSS. The highest BCUT2D eigenvalue weighted by molar-refractivity contribution is 8.68. The Balaban J connectivity index is 0. The predicted molar refractivity (Wildman–Crippen MR) is 108 cm³/mol. The van der Waals surface area contributed by atoms with Crippen LogP contribution in [0.25, 0.3) is 0 Å². The summed E-state index contributed by atoms with van der Waals surface area (Å²) in [4.78, 5) is 22.4. The zero-order chi connectivity index (χ0) is 20.8. The fourth-order valence-corrected chi connectivity index (χ4v) is 2.17. The maximum Gasteiger partial charge on any atom is 0.408 e. The Morgan fingerprint density at radius 1 is 1.38 bits per heavy atom. The predicted octanol–water partition coefficient (Wildman–Crippen LogP) is 4.29. The number of nitrogens with one attached hydrogen (secondary N) is 1. The average molecular weight is 410 g/mol. The van der Waals surface area contributed by atoms with E-state index in [9.17, 15) is 14.7 Å². The number of aliphatic hydroxyl groups excluding tert-OH is 1. The molecular formula is C17H31NO6S2. The smallest absolute Gasteiger partial charge is 0.408 e. The van der Waals surface area contributed by atoms with E-state index < -0.39 is 29.8 Å². The van der Waals surface area contributed by atoms with Gasteiger partial charge < -0.3 is 24.7 Å². The lowest BCUT2D eigenvalue weighted by Crippen LogP contribution is -2.42. The number of amides is 1. The molecule has 1 aromatic rings. The first-order valence-corrected chi connectivity index (χ1v) is 10.4. The zero-order valence-corrected chi connectivity index (χ0v) is 17.9. The molecule has 0 aliphatic heterocycles. The van der Waals surface area contributed by atoms with Crippen LogP contribution >= 0.6 is 22.5 Å². The van der Waals surface area contributed by atoms with Crippen LogP contribution in [0.15, 0.2) is 22.8 Å². The van der Waals surface area contributed by atoms with Crippen molar-refractivity contribution in [3.8, 4) is 0 Å². The van der Waals surface area contributed by atoms with Crippen molar-refractivity contribution in [1.29, 1.82) is 0 Å². The molecule has 0 radical (unpaired) electrons. The van der Waals surface area contributed by atoms with Gasteiger partial charge in [0.2, 0.25) is 0 Å². The largest absolute Gasteiger partial charge is 0.479 e. The van der Waals surface area contributed by atoms with E-state index in [1.54, 1.807) is 31.6 Å². The lowest BCUT2D eigenvalue weighted by Gasteiger charge is -2.23. The highest BCUT2D eigenvalue weighted by Gasteiger charge is 2.32. The number of carbonyl (C=O) groups excluding carboxylic acids is 1. The molecule has 7 nitrogen and oxygen atoms in total. The molecule has 1 aromatic heterocycles. The molecule has 1 rings (SSSR count). The summed E-state index contributed by atoms with van der Waals surface area (Å²) in [7, 11) is 1.60. The second-order valence-electron chi connectivity index (χ2n) is 5.76. The summed E-state index contributed by atoms with van der Waals surface area (Å²) in [6, 6.07) is 1.75. The molecule has 0 saturated heterocycles. The maximum absolute atomic E-state index is 11.6. The fourth-order valence-electron chi connectivity index (χ4n) is 1.44. The van der Waals surface area contributed by atoms with E-state index in [0.717, 1.165) is 0 Å². The van der Waals surface area contributed by atoms with E-state index in [-0.39, 0.29) is 5.76 Å². The third kappa shape index (κ3) is 13.0. The van der Waals surface area contributed by atoms with E-state index >= 15 is 0 Å². The van der Waals surface area contributed by atoms with Gasteiger partial charge in [0.05, 0.1) is 6.26 Å². The lowest BCUT2D eigenvalue weighted by molar-refractivity contribution is -0.148. The molecule has 9 heteroatoms. The van der Waals surface area contributed by atoms with Crippen LogP contribution in [-0.4, -0.2) is 39.7 Å². The van der Waals surface area contributed by atoms with Crippen LogP contribution < -0.4 is 5.32 Å². The van der Waals surface area contributed by atoms with Gasteiger partial charge in [-0.1, -0.05) is 31.6 Å². The average Bonchev–Trinajstić information content (AvgIpc) is 3.07. The van der Waals surface area contributed by atoms with Crippen LogP contribution in [0.1, 0.15) is 59.8 Å². The van der Waals surface area contributed by atoms with Crippen molar-refractivity contribution in [2.75, 3.05) is 5.75 Å². The normalized spacial score (nSPS) is 12.5. The Hall–Kier alpha value is -1.32. The Morgan fingerprint density at radius 3 is 2.27 bits per heavy atom. The van der Waals surface area contributed by atoms with Crippen molar-refractivity contribution in [3.05, 3.63) is 24.2 Å². The van der Waals surface area contributed by atoms with Gasteiger partial charge in [-0.05, 0) is 39.3 Å². The van der Waals surface area contributed by atoms with Gasteiger partial charge in [0, 0.05) is 5.75 Å². The van der Waals surface area contributed by atoms with Gasteiger partial charge >= 0.3 is 12.1 Å². The van der Waals surface area contributed by atoms with Crippen molar-refractivity contribution in [1.82, 2.24) is 5.32 Å². The van der Waals surface area contributed by atoms with Crippen LogP contribution in [-0.2, 0) is 9.53 Å². The highest BCUT2D eigenvalue weighted by Crippen LogP contribution is 2.19. The summed E-state index contributed by atoms with van der Waals surface area (Å²) in [5.74, 6) is -0.179. The quantitative estimate of drug-likeness (QED) is 0.410. The molecule has 1 heterocycles. The van der Waals surface area contributed by atoms with Gasteiger partial charge in [0.15, 0.2) is 6.10 Å². The summed E-state index contributed by atoms with van der Waals surface area (Å²) >= 11 is 3.92. The van der Waals surface area contributed by atoms with E-state index in [1.807, 2.05) is 13.8 Å². The molecule has 0 saturated carbocycles. The van der Waals surface area contributed by atoms with E-state index in [4.69, 9.17) is 14.3 Å². The minimum absolute atomic E-state index is 0.126. The molecule has 0 aromatic carbocycles. The van der Waals surface area contributed by atoms with Crippen molar-refractivity contribution in [2.45, 2.75) is 65.7 Å². The van der Waals surface area contributed by atoms with Crippen LogP contribution in [0.4, 0.5) is 4.79 Å². The van der Waals surface area contributed by atoms with Crippen LogP contribution in [0, 0.1) is 0 Å². The van der Waals surface area contributed by atoms with Gasteiger partial charge in [-0.2, -0.15) is 0 Å². The number of aliphatic hydroxyl groups is 1. The fraction of sp³-hybridized carbons (Fsp3) is 0.647. The molecule has 1 amide bonds. The summed E-state index contributed by atoms with van der Waals surface area (Å²) < 4.78 is 10.0. The van der Waals surface area contributed by atoms with Crippen LogP contribution in [0.3, 0.4) is 0 Å². The van der Waals surface area contributed by atoms with Crippen molar-refractivity contribution in [3.63, 3.8) is 0 Å². The number of ether oxygens (including phenoxy) is 1. The summed E-state index contributed by atoms with van der Waals surface area (Å²) in [5, 5.41) is 20.7. The standard InChI is InChI=1S/C12H17NO6.C3H8S2.C2H6/c1-12(2,3)19-11(17)13-8(9(14)10(15)16)7-5-4-6-18-7;1-2-3-5-4;1-2/h4-6,8-9,14H,1-3H3,(H,13,17)(H,15,16);4H,2-3H2,1H3;1-2H3/t8-,9+;;/m0../s1. The second kappa shape index (κ2) is 14.8. The first-order chi connectivity index (χ1) is 12.1. The van der Waals surface area contributed by atoms with Crippen molar-refractivity contribution >= 4 is 34.5 Å². The summed E-state index contributed by atoms with van der Waals surface area (Å²) in [5.41, 5.74) is -0.730. The van der Waals surface area contributed by atoms with E-state index in [0.29, 0.717) is 0 Å². The van der Waals surface area contributed by atoms with E-state index in [2.05, 4.69) is 23.9 Å². The molecule has 0 unspecified atom stereocenters. The Kier molecular flexibility index (Phi) is 15.3. The number of carboxylic acid groups (broad SMARTS) is 1. The van der Waals surface area contributed by atoms with Gasteiger partial charge in [-0.15, -0.1) is 11.7 Å². The molecule has 3 N–H and O–H groups in total. The monoisotopic (exact) mass is 409 g/mol. The van der Waals surface area contributed by atoms with Gasteiger partial charge in [-0.25, -0.2) is 9.59 Å². The number of furan rings is 1. The number of alkyl carbamates (subject to hydrolysis) is 1. The molecule has 0 spiro atoms. The lowest BCUT2D eigenvalue weighted by atomic mass is 10.1. The third-order valence-electron chi connectivity index (χ3n) is 2.39. The molecule has 0 aliphatic rings. The molecule has 152 valence electrons. The summed E-state index contributed by atoms with van der Waals surface area (Å²) in [6.45, 7) is 11.1. The minimum atomic E-state index is -1.83. The molecular weight excluding hydrogens is 378 g/mol. The molecule has 26 heavy (non-hydrogen) atoms. The van der Waals surface area contributed by atoms with E-state index in [1.165, 1.54) is 30.6 Å². The van der Waals surface area contributed by atoms with Crippen LogP contribution in [0.5, 0.6) is 0 Å². The molecule has 0 aliphatic carbocycles. The number of rotatable bonds is 6. The minimum Gasteiger partial charge on any atom is -0.479 e. The Bertz CT molecular complexity index is 486. The molecule has 0 bridgehead atoms. The number of hydrogen-bond acceptors (Lipinski definition) is 7. The number of hydrogen-bond donors (Lipinski definition) is 4. The van der Waals surface area contributed by atoms with Gasteiger partial charge in [0.25, 0.3) is 0 Å². The number of aliphatic carboxylic acids is 1. The third-order valence-corrected chi connectivity index (χ3v) is 3.52. The Morgan fingerprint density at radius 2 is 1.96 bits per heavy atom. The number of thiol groups is 1. The Labute approximate surface area is 164 Å². The van der Waals surface area contributed by atoms with Crippen molar-refractivity contribution < 1.29 is 29.0 Å². The molecule has 2 atom stereocenters. The first-order valence-electron chi connectivity index (χ1n) is 8.32. The molecule has 0 fully saturated rings. The number of carbonyl (C=O) groups is 2. The number of carboxylic acids is 1. The maximum atomic E-state index is 11.6. The van der Waals surface area contributed by atoms with Gasteiger partial charge in [0.1, 0.15) is 17.4 Å².